The summed E-state index contributed by atoms with van der Waals surface area (Å²) in [5.74, 6) is -1.80. The first-order valence-corrected chi connectivity index (χ1v) is 12.6. The molecule has 0 radical (unpaired) electrons. The Morgan fingerprint density at radius 2 is 1.86 bits per heavy atom. The number of hydrogen-bond donors (Lipinski definition) is 2. The van der Waals surface area contributed by atoms with Crippen LogP contribution in [0.1, 0.15) is 36.8 Å². The van der Waals surface area contributed by atoms with Crippen LogP contribution in [0.5, 0.6) is 0 Å². The number of likely N-dealkylation sites (tertiary alicyclic amines) is 1. The molecule has 0 saturated carbocycles. The molecule has 0 aliphatic carbocycles. The summed E-state index contributed by atoms with van der Waals surface area (Å²) in [7, 11) is 1.63. The number of carboxylic acids is 1. The van der Waals surface area contributed by atoms with Crippen molar-refractivity contribution in [3.8, 4) is 0 Å². The number of unbranched alkanes of at least 4 members (excludes halogenated alkanes) is 1. The number of carbonyl (C=O) groups is 2. The standard InChI is InChI=1S/C27H31Cl2N3O4/c1-31-23(10-2-3-13-36-17-18-6-4-8-21(28)14-18)24(25(30)19-7-5-9-22(29)15-19)26(33)32-12-11-20(16-32)27(34)35/h4-9,14-15,20H,2-3,10-13,16-17,30H2,1H3,(H,34,35)/b25-24+,31-23?. The zero-order chi connectivity index (χ0) is 26.1. The van der Waals surface area contributed by atoms with Gasteiger partial charge in [-0.15, -0.1) is 0 Å². The van der Waals surface area contributed by atoms with Crippen LogP contribution in [0.2, 0.25) is 10.0 Å². The van der Waals surface area contributed by atoms with Gasteiger partial charge in [-0.1, -0.05) is 47.5 Å². The van der Waals surface area contributed by atoms with E-state index in [1.54, 1.807) is 36.2 Å². The van der Waals surface area contributed by atoms with Crippen LogP contribution in [0.4, 0.5) is 0 Å². The van der Waals surface area contributed by atoms with E-state index in [1.807, 2.05) is 24.3 Å². The van der Waals surface area contributed by atoms with Crippen molar-refractivity contribution in [3.63, 3.8) is 0 Å². The molecule has 36 heavy (non-hydrogen) atoms. The van der Waals surface area contributed by atoms with Gasteiger partial charge in [0.25, 0.3) is 5.91 Å². The van der Waals surface area contributed by atoms with E-state index in [0.29, 0.717) is 59.5 Å². The summed E-state index contributed by atoms with van der Waals surface area (Å²) >= 11 is 12.2. The summed E-state index contributed by atoms with van der Waals surface area (Å²) in [5.41, 5.74) is 9.29. The molecule has 1 aliphatic rings. The van der Waals surface area contributed by atoms with Crippen molar-refractivity contribution in [1.82, 2.24) is 4.90 Å². The van der Waals surface area contributed by atoms with Crippen LogP contribution in [0.3, 0.4) is 0 Å². The monoisotopic (exact) mass is 531 g/mol. The fourth-order valence-corrected chi connectivity index (χ4v) is 4.56. The van der Waals surface area contributed by atoms with Gasteiger partial charge in [-0.3, -0.25) is 14.6 Å². The molecular weight excluding hydrogens is 501 g/mol. The van der Waals surface area contributed by atoms with Gasteiger partial charge in [0.1, 0.15) is 0 Å². The molecule has 1 fully saturated rings. The minimum atomic E-state index is -0.902. The molecule has 9 heteroatoms. The molecule has 1 saturated heterocycles. The molecule has 1 unspecified atom stereocenters. The predicted octanol–water partition coefficient (Wildman–Crippen LogP) is 5.05. The number of carboxylic acid groups (broad SMARTS) is 1. The highest BCUT2D eigenvalue weighted by molar-refractivity contribution is 6.31. The van der Waals surface area contributed by atoms with Gasteiger partial charge in [-0.2, -0.15) is 0 Å². The third-order valence-corrected chi connectivity index (χ3v) is 6.58. The van der Waals surface area contributed by atoms with E-state index < -0.39 is 11.9 Å². The van der Waals surface area contributed by atoms with Gasteiger partial charge in [0.05, 0.1) is 23.8 Å². The van der Waals surface area contributed by atoms with E-state index in [4.69, 9.17) is 33.7 Å². The topological polar surface area (TPSA) is 105 Å². The summed E-state index contributed by atoms with van der Waals surface area (Å²) in [6, 6.07) is 14.5. The van der Waals surface area contributed by atoms with E-state index in [2.05, 4.69) is 4.99 Å². The Morgan fingerprint density at radius 3 is 2.50 bits per heavy atom. The van der Waals surface area contributed by atoms with Gasteiger partial charge in [0.15, 0.2) is 0 Å². The SMILES string of the molecule is CN=C(CCCCOCc1cccc(Cl)c1)/C(C(=O)N1CCC(C(=O)O)C1)=C(\N)c1cccc(Cl)c1. The lowest BCUT2D eigenvalue weighted by atomic mass is 9.97. The summed E-state index contributed by atoms with van der Waals surface area (Å²) in [6.45, 7) is 1.53. The molecule has 0 spiro atoms. The number of halogens is 2. The van der Waals surface area contributed by atoms with E-state index in [1.165, 1.54) is 0 Å². The normalized spacial score (nSPS) is 16.7. The minimum Gasteiger partial charge on any atom is -0.481 e. The highest BCUT2D eigenvalue weighted by Crippen LogP contribution is 2.25. The Bertz CT molecular complexity index is 1150. The van der Waals surface area contributed by atoms with E-state index in [9.17, 15) is 14.7 Å². The first-order valence-electron chi connectivity index (χ1n) is 11.9. The number of rotatable bonds is 11. The lowest BCUT2D eigenvalue weighted by molar-refractivity contribution is -0.141. The van der Waals surface area contributed by atoms with Crippen LogP contribution in [0, 0.1) is 5.92 Å². The second-order valence-corrected chi connectivity index (χ2v) is 9.56. The van der Waals surface area contributed by atoms with Gasteiger partial charge in [0, 0.05) is 42.5 Å². The average Bonchev–Trinajstić information content (AvgIpc) is 3.36. The van der Waals surface area contributed by atoms with Gasteiger partial charge in [0.2, 0.25) is 0 Å². The third kappa shape index (κ3) is 7.56. The molecule has 7 nitrogen and oxygen atoms in total. The number of amides is 1. The molecule has 1 aliphatic heterocycles. The van der Waals surface area contributed by atoms with Gasteiger partial charge >= 0.3 is 5.97 Å². The average molecular weight is 532 g/mol. The highest BCUT2D eigenvalue weighted by atomic mass is 35.5. The van der Waals surface area contributed by atoms with Crippen molar-refractivity contribution >= 4 is 46.5 Å². The van der Waals surface area contributed by atoms with Crippen molar-refractivity contribution in [2.75, 3.05) is 26.7 Å². The van der Waals surface area contributed by atoms with Crippen molar-refractivity contribution in [2.45, 2.75) is 32.3 Å². The molecule has 192 valence electrons. The molecule has 3 rings (SSSR count). The maximum absolute atomic E-state index is 13.6. The zero-order valence-electron chi connectivity index (χ0n) is 20.3. The van der Waals surface area contributed by atoms with Crippen LogP contribution >= 0.6 is 23.2 Å². The number of nitrogens with zero attached hydrogens (tertiary/aromatic N) is 2. The predicted molar refractivity (Wildman–Crippen MR) is 143 cm³/mol. The number of aliphatic carboxylic acids is 1. The number of nitrogens with two attached hydrogens (primary N) is 1. The van der Waals surface area contributed by atoms with Crippen molar-refractivity contribution in [1.29, 1.82) is 0 Å². The Labute approximate surface area is 221 Å². The maximum Gasteiger partial charge on any atom is 0.308 e. The zero-order valence-corrected chi connectivity index (χ0v) is 21.8. The Kier molecular flexibility index (Phi) is 10.3. The van der Waals surface area contributed by atoms with Crippen LogP contribution < -0.4 is 5.73 Å². The molecule has 1 amide bonds. The molecule has 0 aromatic heterocycles. The number of carbonyl (C=O) groups excluding carboxylic acids is 1. The second-order valence-electron chi connectivity index (χ2n) is 8.68. The fourth-order valence-electron chi connectivity index (χ4n) is 4.16. The molecule has 3 N–H and O–H groups in total. The lowest BCUT2D eigenvalue weighted by Gasteiger charge is -2.21. The molecule has 0 bridgehead atoms. The minimum absolute atomic E-state index is 0.148. The third-order valence-electron chi connectivity index (χ3n) is 6.11. The number of hydrogen-bond acceptors (Lipinski definition) is 5. The molecule has 1 heterocycles. The quantitative estimate of drug-likeness (QED) is 0.239. The van der Waals surface area contributed by atoms with Crippen LogP contribution in [-0.2, 0) is 20.9 Å². The molecule has 2 aromatic rings. The Hall–Kier alpha value is -2.87. The summed E-state index contributed by atoms with van der Waals surface area (Å²) in [4.78, 5) is 31.0. The molecule has 1 atom stereocenters. The van der Waals surface area contributed by atoms with E-state index >= 15 is 0 Å². The van der Waals surface area contributed by atoms with Crippen molar-refractivity contribution in [3.05, 3.63) is 75.3 Å². The highest BCUT2D eigenvalue weighted by Gasteiger charge is 2.34. The molecular formula is C27H31Cl2N3O4. The van der Waals surface area contributed by atoms with E-state index in [0.717, 1.165) is 18.4 Å². The fraction of sp³-hybridized carbons (Fsp3) is 0.370. The number of ether oxygens (including phenoxy) is 1. The van der Waals surface area contributed by atoms with Gasteiger partial charge < -0.3 is 20.5 Å². The second kappa shape index (κ2) is 13.4. The van der Waals surface area contributed by atoms with Crippen LogP contribution in [0.15, 0.2) is 59.1 Å². The van der Waals surface area contributed by atoms with Crippen LogP contribution in [0.25, 0.3) is 5.70 Å². The maximum atomic E-state index is 13.6. The first kappa shape index (κ1) is 27.7. The summed E-state index contributed by atoms with van der Waals surface area (Å²) < 4.78 is 5.76. The smallest absolute Gasteiger partial charge is 0.308 e. The number of benzene rings is 2. The van der Waals surface area contributed by atoms with Crippen molar-refractivity contribution in [2.24, 2.45) is 16.6 Å². The van der Waals surface area contributed by atoms with E-state index in [-0.39, 0.29) is 18.1 Å². The Balaban J connectivity index is 1.70. The summed E-state index contributed by atoms with van der Waals surface area (Å²) in [6.07, 6.45) is 2.44. The Morgan fingerprint density at radius 1 is 1.14 bits per heavy atom. The largest absolute Gasteiger partial charge is 0.481 e. The van der Waals surface area contributed by atoms with Crippen molar-refractivity contribution < 1.29 is 19.4 Å². The van der Waals surface area contributed by atoms with Gasteiger partial charge in [-0.25, -0.2) is 0 Å². The van der Waals surface area contributed by atoms with Crippen LogP contribution in [-0.4, -0.2) is 54.3 Å². The molecule has 2 aromatic carbocycles. The van der Waals surface area contributed by atoms with Gasteiger partial charge in [-0.05, 0) is 61.1 Å². The summed E-state index contributed by atoms with van der Waals surface area (Å²) in [5, 5.41) is 10.5. The first-order chi connectivity index (χ1) is 17.3. The number of aliphatic imine (C=N–C) groups is 1. The lowest BCUT2D eigenvalue weighted by Crippen LogP contribution is -2.35.